The van der Waals surface area contributed by atoms with Crippen LogP contribution in [-0.2, 0) is 22.3 Å². The molecule has 0 amide bonds. The summed E-state index contributed by atoms with van der Waals surface area (Å²) in [5.41, 5.74) is 1.86. The SMILES string of the molecule is CC(C)NS(=O)(=O)Cc1ccccc1Cn1c(=S)[nH]c2ccccc2c1=O. The molecule has 0 radical (unpaired) electrons. The number of rotatable bonds is 6. The third kappa shape index (κ3) is 4.52. The fourth-order valence-electron chi connectivity index (χ4n) is 2.97. The summed E-state index contributed by atoms with van der Waals surface area (Å²) < 4.78 is 29.0. The summed E-state index contributed by atoms with van der Waals surface area (Å²) in [7, 11) is -3.47. The number of aromatic amines is 1. The maximum atomic E-state index is 12.8. The highest BCUT2D eigenvalue weighted by Crippen LogP contribution is 2.15. The quantitative estimate of drug-likeness (QED) is 0.620. The summed E-state index contributed by atoms with van der Waals surface area (Å²) in [6.45, 7) is 3.75. The molecule has 3 rings (SSSR count). The summed E-state index contributed by atoms with van der Waals surface area (Å²) in [5, 5.41) is 0.540. The molecule has 8 heteroatoms. The van der Waals surface area contributed by atoms with E-state index in [2.05, 4.69) is 9.71 Å². The Labute approximate surface area is 162 Å². The van der Waals surface area contributed by atoms with Crippen molar-refractivity contribution in [3.05, 3.63) is 74.8 Å². The molecule has 0 atom stereocenters. The molecule has 0 saturated carbocycles. The van der Waals surface area contributed by atoms with Gasteiger partial charge in [0, 0.05) is 6.04 Å². The normalized spacial score (nSPS) is 12.0. The predicted octanol–water partition coefficient (Wildman–Crippen LogP) is 2.94. The molecule has 0 spiro atoms. The molecule has 142 valence electrons. The van der Waals surface area contributed by atoms with Crippen LogP contribution in [-0.4, -0.2) is 24.0 Å². The van der Waals surface area contributed by atoms with Crippen LogP contribution in [0.5, 0.6) is 0 Å². The molecule has 1 aromatic heterocycles. The second-order valence-electron chi connectivity index (χ2n) is 6.67. The first-order valence-corrected chi connectivity index (χ1v) is 10.6. The van der Waals surface area contributed by atoms with Crippen molar-refractivity contribution < 1.29 is 8.42 Å². The number of hydrogen-bond acceptors (Lipinski definition) is 4. The lowest BCUT2D eigenvalue weighted by Crippen LogP contribution is -2.31. The van der Waals surface area contributed by atoms with E-state index in [1.165, 1.54) is 4.57 Å². The monoisotopic (exact) mass is 403 g/mol. The smallest absolute Gasteiger partial charge is 0.262 e. The van der Waals surface area contributed by atoms with Crippen LogP contribution in [0.1, 0.15) is 25.0 Å². The average Bonchev–Trinajstić information content (AvgIpc) is 2.58. The van der Waals surface area contributed by atoms with Crippen molar-refractivity contribution in [1.29, 1.82) is 0 Å². The average molecular weight is 404 g/mol. The van der Waals surface area contributed by atoms with Gasteiger partial charge in [0.05, 0.1) is 23.2 Å². The van der Waals surface area contributed by atoms with Crippen LogP contribution < -0.4 is 10.3 Å². The number of sulfonamides is 1. The summed E-state index contributed by atoms with van der Waals surface area (Å²) in [4.78, 5) is 15.9. The summed E-state index contributed by atoms with van der Waals surface area (Å²) in [6, 6.07) is 14.2. The maximum Gasteiger partial charge on any atom is 0.262 e. The molecular formula is C19H21N3O3S2. The van der Waals surface area contributed by atoms with Crippen LogP contribution in [0.2, 0.25) is 0 Å². The number of nitrogens with zero attached hydrogens (tertiary/aromatic N) is 1. The molecule has 2 N–H and O–H groups in total. The van der Waals surface area contributed by atoms with Crippen molar-refractivity contribution in [1.82, 2.24) is 14.3 Å². The Morgan fingerprint density at radius 1 is 1.07 bits per heavy atom. The topological polar surface area (TPSA) is 84.0 Å². The fourth-order valence-corrected chi connectivity index (χ4v) is 4.72. The van der Waals surface area contributed by atoms with E-state index in [0.29, 0.717) is 21.2 Å². The van der Waals surface area contributed by atoms with E-state index in [0.717, 1.165) is 5.56 Å². The van der Waals surface area contributed by atoms with Crippen LogP contribution in [0.25, 0.3) is 10.9 Å². The molecule has 1 heterocycles. The van der Waals surface area contributed by atoms with E-state index in [4.69, 9.17) is 12.2 Å². The Bertz CT molecular complexity index is 1190. The van der Waals surface area contributed by atoms with E-state index >= 15 is 0 Å². The standard InChI is InChI=1S/C19H21N3O3S2/c1-13(2)21-27(24,25)12-15-8-4-3-7-14(15)11-22-18(23)16-9-5-6-10-17(16)20-19(22)26/h3-10,13,21H,11-12H2,1-2H3,(H,20,26). The Morgan fingerprint density at radius 3 is 2.41 bits per heavy atom. The van der Waals surface area contributed by atoms with Gasteiger partial charge >= 0.3 is 0 Å². The van der Waals surface area contributed by atoms with Gasteiger partial charge in [-0.05, 0) is 49.3 Å². The number of aromatic nitrogens is 2. The third-order valence-corrected chi connectivity index (χ3v) is 5.94. The first kappa shape index (κ1) is 19.5. The molecule has 2 aromatic carbocycles. The van der Waals surface area contributed by atoms with E-state index in [1.54, 1.807) is 44.2 Å². The number of para-hydroxylation sites is 1. The lowest BCUT2D eigenvalue weighted by Gasteiger charge is -2.14. The van der Waals surface area contributed by atoms with Crippen LogP contribution in [0.4, 0.5) is 0 Å². The molecule has 0 aliphatic rings. The molecule has 0 saturated heterocycles. The molecule has 0 aliphatic heterocycles. The van der Waals surface area contributed by atoms with Crippen LogP contribution in [0, 0.1) is 4.77 Å². The summed E-state index contributed by atoms with van der Waals surface area (Å²) >= 11 is 5.35. The van der Waals surface area contributed by atoms with Crippen molar-refractivity contribution in [2.24, 2.45) is 0 Å². The van der Waals surface area contributed by atoms with Crippen molar-refractivity contribution in [2.45, 2.75) is 32.2 Å². The molecule has 6 nitrogen and oxygen atoms in total. The van der Waals surface area contributed by atoms with Gasteiger partial charge in [0.1, 0.15) is 0 Å². The Morgan fingerprint density at radius 2 is 1.70 bits per heavy atom. The molecule has 0 unspecified atom stereocenters. The van der Waals surface area contributed by atoms with Gasteiger partial charge in [0.15, 0.2) is 4.77 Å². The van der Waals surface area contributed by atoms with E-state index in [9.17, 15) is 13.2 Å². The van der Waals surface area contributed by atoms with Crippen molar-refractivity contribution in [3.8, 4) is 0 Å². The zero-order valence-electron chi connectivity index (χ0n) is 15.1. The van der Waals surface area contributed by atoms with Gasteiger partial charge in [-0.3, -0.25) is 9.36 Å². The highest BCUT2D eigenvalue weighted by molar-refractivity contribution is 7.88. The maximum absolute atomic E-state index is 12.8. The lowest BCUT2D eigenvalue weighted by atomic mass is 10.1. The Kier molecular flexibility index (Phi) is 5.59. The molecule has 27 heavy (non-hydrogen) atoms. The molecule has 0 aliphatic carbocycles. The third-order valence-electron chi connectivity index (χ3n) is 4.10. The lowest BCUT2D eigenvalue weighted by molar-refractivity contribution is 0.568. The molecule has 0 fully saturated rings. The fraction of sp³-hybridized carbons (Fsp3) is 0.263. The van der Waals surface area contributed by atoms with Gasteiger partial charge < -0.3 is 4.98 Å². The number of H-pyrrole nitrogens is 1. The highest BCUT2D eigenvalue weighted by Gasteiger charge is 2.16. The van der Waals surface area contributed by atoms with E-state index in [-0.39, 0.29) is 23.9 Å². The van der Waals surface area contributed by atoms with Gasteiger partial charge in [0.2, 0.25) is 10.0 Å². The van der Waals surface area contributed by atoms with Crippen molar-refractivity contribution in [3.63, 3.8) is 0 Å². The minimum atomic E-state index is -3.47. The van der Waals surface area contributed by atoms with Gasteiger partial charge in [-0.15, -0.1) is 0 Å². The van der Waals surface area contributed by atoms with Gasteiger partial charge in [-0.1, -0.05) is 36.4 Å². The van der Waals surface area contributed by atoms with Crippen molar-refractivity contribution >= 4 is 33.1 Å². The first-order chi connectivity index (χ1) is 12.8. The van der Waals surface area contributed by atoms with Crippen LogP contribution in [0.15, 0.2) is 53.3 Å². The number of nitrogens with one attached hydrogen (secondary N) is 2. The zero-order valence-corrected chi connectivity index (χ0v) is 16.7. The highest BCUT2D eigenvalue weighted by atomic mass is 32.2. The number of fused-ring (bicyclic) bond motifs is 1. The minimum Gasteiger partial charge on any atom is -0.332 e. The summed E-state index contributed by atoms with van der Waals surface area (Å²) in [5.74, 6) is -0.153. The Hall–Kier alpha value is -2.29. The summed E-state index contributed by atoms with van der Waals surface area (Å²) in [6.07, 6.45) is 0. The van der Waals surface area contributed by atoms with E-state index < -0.39 is 10.0 Å². The largest absolute Gasteiger partial charge is 0.332 e. The predicted molar refractivity (Wildman–Crippen MR) is 110 cm³/mol. The zero-order chi connectivity index (χ0) is 19.6. The van der Waals surface area contributed by atoms with E-state index in [1.807, 2.05) is 18.2 Å². The van der Waals surface area contributed by atoms with Crippen molar-refractivity contribution in [2.75, 3.05) is 0 Å². The first-order valence-electron chi connectivity index (χ1n) is 8.55. The molecular weight excluding hydrogens is 382 g/mol. The Balaban J connectivity index is 2.02. The number of hydrogen-bond donors (Lipinski definition) is 2. The van der Waals surface area contributed by atoms with Crippen LogP contribution >= 0.6 is 12.2 Å². The molecule has 0 bridgehead atoms. The van der Waals surface area contributed by atoms with Gasteiger partial charge in [-0.25, -0.2) is 13.1 Å². The molecule has 3 aromatic rings. The second kappa shape index (κ2) is 7.75. The second-order valence-corrected chi connectivity index (χ2v) is 8.81. The van der Waals surface area contributed by atoms with Crippen LogP contribution in [0.3, 0.4) is 0 Å². The number of benzene rings is 2. The minimum absolute atomic E-state index is 0.153. The van der Waals surface area contributed by atoms with Gasteiger partial charge in [0.25, 0.3) is 5.56 Å². The van der Waals surface area contributed by atoms with Gasteiger partial charge in [-0.2, -0.15) is 0 Å².